The third-order valence-corrected chi connectivity index (χ3v) is 4.76. The van der Waals surface area contributed by atoms with E-state index in [4.69, 9.17) is 0 Å². The second kappa shape index (κ2) is 10.1. The van der Waals surface area contributed by atoms with Gasteiger partial charge in [-0.25, -0.2) is 0 Å². The molecule has 0 unspecified atom stereocenters. The minimum atomic E-state index is -0.530. The fourth-order valence-electron chi connectivity index (χ4n) is 3.02. The van der Waals surface area contributed by atoms with Crippen molar-refractivity contribution in [3.63, 3.8) is 0 Å². The molecular formula is C24H32N2O2. The summed E-state index contributed by atoms with van der Waals surface area (Å²) in [5, 5.41) is 2.95. The van der Waals surface area contributed by atoms with Crippen molar-refractivity contribution in [1.82, 2.24) is 10.2 Å². The zero-order valence-corrected chi connectivity index (χ0v) is 17.7. The molecule has 2 aromatic rings. The molecule has 1 atom stereocenters. The predicted octanol–water partition coefficient (Wildman–Crippen LogP) is 4.04. The summed E-state index contributed by atoms with van der Waals surface area (Å²) in [6.07, 6.45) is 0.286. The van der Waals surface area contributed by atoms with Gasteiger partial charge < -0.3 is 10.2 Å². The number of nitrogens with zero attached hydrogens (tertiary/aromatic N) is 1. The molecular weight excluding hydrogens is 348 g/mol. The summed E-state index contributed by atoms with van der Waals surface area (Å²) >= 11 is 0. The van der Waals surface area contributed by atoms with E-state index in [0.717, 1.165) is 22.3 Å². The van der Waals surface area contributed by atoms with Crippen LogP contribution in [0.15, 0.2) is 48.5 Å². The molecule has 4 nitrogen and oxygen atoms in total. The lowest BCUT2D eigenvalue weighted by Gasteiger charge is -2.29. The van der Waals surface area contributed by atoms with Crippen LogP contribution in [0.1, 0.15) is 43.0 Å². The standard InChI is InChI=1S/C24H32N2O2/c1-17(2)15-25-24(28)20(5)26(16-22-8-6-7-19(4)13-22)23(27)14-21-11-9-18(3)10-12-21/h6-13,17,20H,14-16H2,1-5H3,(H,25,28)/t20-/m0/s1. The van der Waals surface area contributed by atoms with Crippen molar-refractivity contribution in [2.75, 3.05) is 6.54 Å². The number of hydrogen-bond donors (Lipinski definition) is 1. The van der Waals surface area contributed by atoms with Gasteiger partial charge in [0.15, 0.2) is 0 Å². The highest BCUT2D eigenvalue weighted by Gasteiger charge is 2.26. The molecule has 0 aromatic heterocycles. The number of hydrogen-bond acceptors (Lipinski definition) is 2. The van der Waals surface area contributed by atoms with Crippen LogP contribution in [0.5, 0.6) is 0 Å². The van der Waals surface area contributed by atoms with Gasteiger partial charge in [0.25, 0.3) is 0 Å². The average molecular weight is 381 g/mol. The summed E-state index contributed by atoms with van der Waals surface area (Å²) in [4.78, 5) is 27.4. The molecule has 0 radical (unpaired) electrons. The average Bonchev–Trinajstić information content (AvgIpc) is 2.65. The van der Waals surface area contributed by atoms with Gasteiger partial charge in [0.1, 0.15) is 6.04 Å². The molecule has 150 valence electrons. The molecule has 4 heteroatoms. The van der Waals surface area contributed by atoms with E-state index in [1.54, 1.807) is 11.8 Å². The van der Waals surface area contributed by atoms with E-state index in [2.05, 4.69) is 25.2 Å². The normalized spacial score (nSPS) is 11.9. The van der Waals surface area contributed by atoms with Crippen LogP contribution in [0.2, 0.25) is 0 Å². The lowest BCUT2D eigenvalue weighted by molar-refractivity contribution is -0.140. The molecule has 2 amide bonds. The number of aryl methyl sites for hydroxylation is 2. The minimum Gasteiger partial charge on any atom is -0.354 e. The summed E-state index contributed by atoms with van der Waals surface area (Å²) in [5.74, 6) is 0.209. The Morgan fingerprint density at radius 2 is 1.61 bits per heavy atom. The van der Waals surface area contributed by atoms with Crippen LogP contribution in [-0.2, 0) is 22.6 Å². The lowest BCUT2D eigenvalue weighted by atomic mass is 10.1. The third kappa shape index (κ3) is 6.52. The molecule has 0 fully saturated rings. The van der Waals surface area contributed by atoms with E-state index < -0.39 is 6.04 Å². The molecule has 1 N–H and O–H groups in total. The molecule has 0 heterocycles. The van der Waals surface area contributed by atoms with Crippen LogP contribution < -0.4 is 5.32 Å². The minimum absolute atomic E-state index is 0.0439. The van der Waals surface area contributed by atoms with E-state index >= 15 is 0 Å². The number of nitrogens with one attached hydrogen (secondary N) is 1. The molecule has 0 saturated heterocycles. The molecule has 0 aliphatic rings. The van der Waals surface area contributed by atoms with Gasteiger partial charge in [-0.15, -0.1) is 0 Å². The van der Waals surface area contributed by atoms with E-state index in [-0.39, 0.29) is 18.2 Å². The summed E-state index contributed by atoms with van der Waals surface area (Å²) in [5.41, 5.74) is 4.29. The third-order valence-electron chi connectivity index (χ3n) is 4.76. The van der Waals surface area contributed by atoms with Gasteiger partial charge in [-0.2, -0.15) is 0 Å². The van der Waals surface area contributed by atoms with E-state index in [1.165, 1.54) is 0 Å². The summed E-state index contributed by atoms with van der Waals surface area (Å²) in [6, 6.07) is 15.5. The highest BCUT2D eigenvalue weighted by atomic mass is 16.2. The van der Waals surface area contributed by atoms with Crippen LogP contribution in [0.25, 0.3) is 0 Å². The van der Waals surface area contributed by atoms with Crippen molar-refractivity contribution in [1.29, 1.82) is 0 Å². The fourth-order valence-corrected chi connectivity index (χ4v) is 3.02. The molecule has 28 heavy (non-hydrogen) atoms. The van der Waals surface area contributed by atoms with Crippen LogP contribution in [-0.4, -0.2) is 29.3 Å². The molecule has 0 bridgehead atoms. The van der Waals surface area contributed by atoms with Crippen molar-refractivity contribution in [2.24, 2.45) is 5.92 Å². The molecule has 0 spiro atoms. The first-order chi connectivity index (χ1) is 13.3. The van der Waals surface area contributed by atoms with Gasteiger partial charge in [0.2, 0.25) is 11.8 Å². The highest BCUT2D eigenvalue weighted by molar-refractivity contribution is 5.88. The molecule has 2 aromatic carbocycles. The Labute approximate surface area is 169 Å². The highest BCUT2D eigenvalue weighted by Crippen LogP contribution is 2.14. The lowest BCUT2D eigenvalue weighted by Crippen LogP contribution is -2.48. The van der Waals surface area contributed by atoms with Gasteiger partial charge in [-0.05, 0) is 37.8 Å². The Balaban J connectivity index is 2.19. The first-order valence-corrected chi connectivity index (χ1v) is 9.94. The van der Waals surface area contributed by atoms with E-state index in [9.17, 15) is 9.59 Å². The van der Waals surface area contributed by atoms with Crippen molar-refractivity contribution < 1.29 is 9.59 Å². The summed E-state index contributed by atoms with van der Waals surface area (Å²) < 4.78 is 0. The van der Waals surface area contributed by atoms with E-state index in [0.29, 0.717) is 19.0 Å². The predicted molar refractivity (Wildman–Crippen MR) is 114 cm³/mol. The monoisotopic (exact) mass is 380 g/mol. The largest absolute Gasteiger partial charge is 0.354 e. The Bertz CT molecular complexity index is 797. The smallest absolute Gasteiger partial charge is 0.242 e. The van der Waals surface area contributed by atoms with Gasteiger partial charge in [-0.3, -0.25) is 9.59 Å². The number of benzene rings is 2. The topological polar surface area (TPSA) is 49.4 Å². The first kappa shape index (κ1) is 21.7. The zero-order valence-electron chi connectivity index (χ0n) is 17.7. The molecule has 2 rings (SSSR count). The molecule has 0 aliphatic carbocycles. The van der Waals surface area contributed by atoms with Gasteiger partial charge in [0.05, 0.1) is 6.42 Å². The van der Waals surface area contributed by atoms with Crippen LogP contribution in [0, 0.1) is 19.8 Å². The van der Waals surface area contributed by atoms with Gasteiger partial charge in [-0.1, -0.05) is 73.5 Å². The van der Waals surface area contributed by atoms with Crippen molar-refractivity contribution in [3.8, 4) is 0 Å². The van der Waals surface area contributed by atoms with Gasteiger partial charge >= 0.3 is 0 Å². The van der Waals surface area contributed by atoms with Gasteiger partial charge in [0, 0.05) is 13.1 Å². The molecule has 0 saturated carbocycles. The number of carbonyl (C=O) groups is 2. The number of carbonyl (C=O) groups excluding carboxylic acids is 2. The summed E-state index contributed by atoms with van der Waals surface area (Å²) in [6.45, 7) is 11.0. The van der Waals surface area contributed by atoms with E-state index in [1.807, 2.05) is 56.3 Å². The Morgan fingerprint density at radius 1 is 0.929 bits per heavy atom. The number of amides is 2. The maximum absolute atomic E-state index is 13.1. The van der Waals surface area contributed by atoms with Crippen molar-refractivity contribution in [2.45, 2.75) is 53.6 Å². The second-order valence-corrected chi connectivity index (χ2v) is 7.99. The maximum Gasteiger partial charge on any atom is 0.242 e. The Kier molecular flexibility index (Phi) is 7.80. The summed E-state index contributed by atoms with van der Waals surface area (Å²) in [7, 11) is 0. The zero-order chi connectivity index (χ0) is 20.7. The Morgan fingerprint density at radius 3 is 2.21 bits per heavy atom. The van der Waals surface area contributed by atoms with Crippen LogP contribution in [0.3, 0.4) is 0 Å². The second-order valence-electron chi connectivity index (χ2n) is 7.99. The SMILES string of the molecule is Cc1ccc(CC(=O)N(Cc2cccc(C)c2)[C@@H](C)C(=O)NCC(C)C)cc1. The van der Waals surface area contributed by atoms with Crippen LogP contribution >= 0.6 is 0 Å². The first-order valence-electron chi connectivity index (χ1n) is 9.94. The molecule has 0 aliphatic heterocycles. The quantitative estimate of drug-likeness (QED) is 0.751. The van der Waals surface area contributed by atoms with Crippen molar-refractivity contribution >= 4 is 11.8 Å². The Hall–Kier alpha value is -2.62. The van der Waals surface area contributed by atoms with Crippen LogP contribution in [0.4, 0.5) is 0 Å². The maximum atomic E-state index is 13.1. The number of rotatable bonds is 8. The van der Waals surface area contributed by atoms with Crippen molar-refractivity contribution in [3.05, 3.63) is 70.8 Å². The fraction of sp³-hybridized carbons (Fsp3) is 0.417.